The summed E-state index contributed by atoms with van der Waals surface area (Å²) in [5.41, 5.74) is -0.153. The lowest BCUT2D eigenvalue weighted by Crippen LogP contribution is -2.46. The number of rotatable bonds is 5. The summed E-state index contributed by atoms with van der Waals surface area (Å²) in [5, 5.41) is 5.54. The minimum absolute atomic E-state index is 0.0339. The van der Waals surface area contributed by atoms with E-state index in [1.807, 2.05) is 10.3 Å². The Balaban J connectivity index is 1.52. The van der Waals surface area contributed by atoms with Crippen LogP contribution in [0.15, 0.2) is 52.6 Å². The summed E-state index contributed by atoms with van der Waals surface area (Å²) < 4.78 is 44.7. The molecule has 0 spiro atoms. The molecule has 1 N–H and O–H groups in total. The summed E-state index contributed by atoms with van der Waals surface area (Å²) in [4.78, 5) is 20.9. The van der Waals surface area contributed by atoms with Crippen molar-refractivity contribution >= 4 is 28.6 Å². The molecule has 2 aromatic heterocycles. The van der Waals surface area contributed by atoms with Gasteiger partial charge in [0.25, 0.3) is 5.91 Å². The van der Waals surface area contributed by atoms with Crippen molar-refractivity contribution < 1.29 is 22.4 Å². The molecule has 1 aliphatic heterocycles. The van der Waals surface area contributed by atoms with Crippen molar-refractivity contribution in [2.75, 3.05) is 36.4 Å². The van der Waals surface area contributed by atoms with Gasteiger partial charge in [0.2, 0.25) is 0 Å². The number of nitrogens with zero attached hydrogens (tertiary/aromatic N) is 3. The van der Waals surface area contributed by atoms with Gasteiger partial charge in [0.1, 0.15) is 5.01 Å². The maximum absolute atomic E-state index is 13.2. The highest BCUT2D eigenvalue weighted by Gasteiger charge is 2.32. The van der Waals surface area contributed by atoms with Gasteiger partial charge in [-0.15, -0.1) is 11.3 Å². The fourth-order valence-electron chi connectivity index (χ4n) is 3.35. The molecule has 6 nitrogen and oxygen atoms in total. The molecule has 4 rings (SSSR count). The standard InChI is InChI=1S/C20H19F3N4O2S/c21-20(22,23)14-3-4-16(15(12-14)25-19(28)17-2-1-10-29-17)27-8-6-26(7-9-27)13-18-24-5-11-30-18/h1-5,10-12H,6-9,13H2,(H,25,28). The number of piperazine rings is 1. The normalized spacial score (nSPS) is 15.4. The van der Waals surface area contributed by atoms with Gasteiger partial charge in [-0.1, -0.05) is 0 Å². The van der Waals surface area contributed by atoms with Gasteiger partial charge in [-0.25, -0.2) is 4.98 Å². The molecule has 1 fully saturated rings. The van der Waals surface area contributed by atoms with E-state index in [9.17, 15) is 18.0 Å². The quantitative estimate of drug-likeness (QED) is 0.645. The molecular weight excluding hydrogens is 417 g/mol. The Hall–Kier alpha value is -2.85. The van der Waals surface area contributed by atoms with Gasteiger partial charge in [0.05, 0.1) is 29.7 Å². The van der Waals surface area contributed by atoms with Crippen molar-refractivity contribution in [3.8, 4) is 0 Å². The van der Waals surface area contributed by atoms with Gasteiger partial charge in [0.15, 0.2) is 5.76 Å². The number of benzene rings is 1. The summed E-state index contributed by atoms with van der Waals surface area (Å²) >= 11 is 1.60. The largest absolute Gasteiger partial charge is 0.459 e. The number of anilines is 2. The fourth-order valence-corrected chi connectivity index (χ4v) is 4.01. The maximum atomic E-state index is 13.2. The number of amides is 1. The van der Waals surface area contributed by atoms with Crippen LogP contribution < -0.4 is 10.2 Å². The SMILES string of the molecule is O=C(Nc1cc(C(F)(F)F)ccc1N1CCN(Cc2nccs2)CC1)c1ccco1. The van der Waals surface area contributed by atoms with Gasteiger partial charge >= 0.3 is 6.18 Å². The Morgan fingerprint density at radius 2 is 2.00 bits per heavy atom. The zero-order valence-electron chi connectivity index (χ0n) is 15.9. The van der Waals surface area contributed by atoms with E-state index >= 15 is 0 Å². The maximum Gasteiger partial charge on any atom is 0.416 e. The number of hydrogen-bond donors (Lipinski definition) is 1. The Bertz CT molecular complexity index is 982. The van der Waals surface area contributed by atoms with Crippen LogP contribution in [0.4, 0.5) is 24.5 Å². The lowest BCUT2D eigenvalue weighted by Gasteiger charge is -2.36. The molecular formula is C20H19F3N4O2S. The molecule has 1 saturated heterocycles. The second kappa shape index (κ2) is 8.49. The molecule has 0 atom stereocenters. The van der Waals surface area contributed by atoms with E-state index in [2.05, 4.69) is 15.2 Å². The molecule has 0 aliphatic carbocycles. The summed E-state index contributed by atoms with van der Waals surface area (Å²) in [6.45, 7) is 3.49. The molecule has 3 aromatic rings. The van der Waals surface area contributed by atoms with Gasteiger partial charge in [-0.3, -0.25) is 9.69 Å². The topological polar surface area (TPSA) is 61.6 Å². The number of alkyl halides is 3. The molecule has 1 amide bonds. The number of thiazole rings is 1. The second-order valence-electron chi connectivity index (χ2n) is 6.85. The predicted octanol–water partition coefficient (Wildman–Crippen LogP) is 4.33. The molecule has 0 radical (unpaired) electrons. The Morgan fingerprint density at radius 1 is 1.20 bits per heavy atom. The van der Waals surface area contributed by atoms with Crippen LogP contribution in [0.3, 0.4) is 0 Å². The Kier molecular flexibility index (Phi) is 5.78. The summed E-state index contributed by atoms with van der Waals surface area (Å²) in [5.74, 6) is -0.561. The molecule has 158 valence electrons. The van der Waals surface area contributed by atoms with E-state index in [1.165, 1.54) is 18.4 Å². The average molecular weight is 436 g/mol. The van der Waals surface area contributed by atoms with E-state index in [1.54, 1.807) is 23.6 Å². The number of furan rings is 1. The first kappa shape index (κ1) is 20.4. The first-order valence-corrected chi connectivity index (χ1v) is 10.2. The monoisotopic (exact) mass is 436 g/mol. The third-order valence-corrected chi connectivity index (χ3v) is 5.64. The van der Waals surface area contributed by atoms with E-state index in [0.29, 0.717) is 18.8 Å². The van der Waals surface area contributed by atoms with Gasteiger partial charge < -0.3 is 14.6 Å². The number of aromatic nitrogens is 1. The smallest absolute Gasteiger partial charge is 0.416 e. The number of halogens is 3. The molecule has 0 bridgehead atoms. The number of carbonyl (C=O) groups is 1. The first-order chi connectivity index (χ1) is 14.4. The minimum Gasteiger partial charge on any atom is -0.459 e. The molecule has 30 heavy (non-hydrogen) atoms. The van der Waals surface area contributed by atoms with Crippen LogP contribution in [-0.2, 0) is 12.7 Å². The molecule has 0 saturated carbocycles. The molecule has 1 aromatic carbocycles. The van der Waals surface area contributed by atoms with Gasteiger partial charge in [0, 0.05) is 37.8 Å². The van der Waals surface area contributed by atoms with Gasteiger partial charge in [-0.2, -0.15) is 13.2 Å². The molecule has 10 heteroatoms. The highest BCUT2D eigenvalue weighted by atomic mass is 32.1. The first-order valence-electron chi connectivity index (χ1n) is 9.32. The van der Waals surface area contributed by atoms with E-state index in [0.717, 1.165) is 36.8 Å². The molecule has 1 aliphatic rings. The number of nitrogens with one attached hydrogen (secondary N) is 1. The minimum atomic E-state index is -4.50. The van der Waals surface area contributed by atoms with E-state index in [4.69, 9.17) is 4.42 Å². The molecule has 0 unspecified atom stereocenters. The van der Waals surface area contributed by atoms with Crippen molar-refractivity contribution in [1.82, 2.24) is 9.88 Å². The number of hydrogen-bond acceptors (Lipinski definition) is 6. The van der Waals surface area contributed by atoms with Crippen LogP contribution in [-0.4, -0.2) is 42.0 Å². The highest BCUT2D eigenvalue weighted by Crippen LogP contribution is 2.36. The van der Waals surface area contributed by atoms with E-state index in [-0.39, 0.29) is 11.4 Å². The van der Waals surface area contributed by atoms with Crippen molar-refractivity contribution in [1.29, 1.82) is 0 Å². The Labute approximate surface area is 174 Å². The predicted molar refractivity (Wildman–Crippen MR) is 108 cm³/mol. The lowest BCUT2D eigenvalue weighted by atomic mass is 10.1. The van der Waals surface area contributed by atoms with Crippen molar-refractivity contribution in [2.24, 2.45) is 0 Å². The van der Waals surface area contributed by atoms with Crippen LogP contribution in [0, 0.1) is 0 Å². The zero-order chi connectivity index (χ0) is 21.1. The Morgan fingerprint density at radius 3 is 2.63 bits per heavy atom. The average Bonchev–Trinajstić information content (AvgIpc) is 3.42. The van der Waals surface area contributed by atoms with Crippen LogP contribution in [0.25, 0.3) is 0 Å². The van der Waals surface area contributed by atoms with Crippen LogP contribution in [0.5, 0.6) is 0 Å². The second-order valence-corrected chi connectivity index (χ2v) is 7.83. The third-order valence-electron chi connectivity index (χ3n) is 4.87. The summed E-state index contributed by atoms with van der Waals surface area (Å²) in [6, 6.07) is 6.43. The molecule has 3 heterocycles. The number of carbonyl (C=O) groups excluding carboxylic acids is 1. The zero-order valence-corrected chi connectivity index (χ0v) is 16.7. The van der Waals surface area contributed by atoms with E-state index < -0.39 is 17.6 Å². The van der Waals surface area contributed by atoms with Crippen molar-refractivity contribution in [3.05, 3.63) is 64.5 Å². The fraction of sp³-hybridized carbons (Fsp3) is 0.300. The van der Waals surface area contributed by atoms with Crippen molar-refractivity contribution in [3.63, 3.8) is 0 Å². The summed E-state index contributed by atoms with van der Waals surface area (Å²) in [6.07, 6.45) is -1.40. The van der Waals surface area contributed by atoms with Crippen LogP contribution in [0.1, 0.15) is 21.1 Å². The van der Waals surface area contributed by atoms with Crippen LogP contribution >= 0.6 is 11.3 Å². The van der Waals surface area contributed by atoms with Crippen LogP contribution in [0.2, 0.25) is 0 Å². The van der Waals surface area contributed by atoms with Crippen molar-refractivity contribution in [2.45, 2.75) is 12.7 Å². The van der Waals surface area contributed by atoms with Gasteiger partial charge in [-0.05, 0) is 30.3 Å². The highest BCUT2D eigenvalue weighted by molar-refractivity contribution is 7.09. The summed E-state index contributed by atoms with van der Waals surface area (Å²) in [7, 11) is 0. The lowest BCUT2D eigenvalue weighted by molar-refractivity contribution is -0.137. The third kappa shape index (κ3) is 4.65.